The number of fused-ring (bicyclic) bond motifs is 3. The highest BCUT2D eigenvalue weighted by Gasteiger charge is 2.31. The van der Waals surface area contributed by atoms with Gasteiger partial charge in [-0.2, -0.15) is 0 Å². The number of nitrogens with one attached hydrogen (secondary N) is 1. The summed E-state index contributed by atoms with van der Waals surface area (Å²) in [6.07, 6.45) is 7.88. The van der Waals surface area contributed by atoms with E-state index in [1.807, 2.05) is 32.9 Å². The van der Waals surface area contributed by atoms with Gasteiger partial charge in [-0.3, -0.25) is 0 Å². The average molecular weight is 431 g/mol. The van der Waals surface area contributed by atoms with Crippen molar-refractivity contribution in [1.29, 1.82) is 0 Å². The monoisotopic (exact) mass is 430 g/mol. The molecule has 0 atom stereocenters. The molecule has 2 aromatic heterocycles. The lowest BCUT2D eigenvalue weighted by molar-refractivity contribution is 0.591. The molecule has 0 saturated heterocycles. The van der Waals surface area contributed by atoms with Crippen LogP contribution in [-0.4, -0.2) is 30.1 Å². The van der Waals surface area contributed by atoms with Gasteiger partial charge in [-0.05, 0) is 70.2 Å². The first-order chi connectivity index (χ1) is 14.3. The first-order valence-electron chi connectivity index (χ1n) is 10.0. The van der Waals surface area contributed by atoms with Gasteiger partial charge >= 0.3 is 0 Å². The standard InChI is InChI=1S/C18H19FN4O2S.C4H8/c1-11-14-8-3-4-9-15(14)23-18(21-11)16(17(20-2)22-23)26(24,25)13-7-5-6-12(19)10-13;1-3-4-2/h5-7,10H,3-4,8-9H2,1-2H3,(H,20,22);3-4H,1-2H3/b;4-3-. The van der Waals surface area contributed by atoms with Crippen molar-refractivity contribution in [2.24, 2.45) is 0 Å². The molecular formula is C22H27FN4O2S. The van der Waals surface area contributed by atoms with E-state index in [0.717, 1.165) is 48.7 Å². The van der Waals surface area contributed by atoms with Gasteiger partial charge in [-0.25, -0.2) is 22.3 Å². The molecular weight excluding hydrogens is 403 g/mol. The summed E-state index contributed by atoms with van der Waals surface area (Å²) in [5.74, 6) is -0.379. The third kappa shape index (κ3) is 3.96. The van der Waals surface area contributed by atoms with E-state index in [9.17, 15) is 12.8 Å². The number of rotatable bonds is 3. The highest BCUT2D eigenvalue weighted by molar-refractivity contribution is 7.91. The van der Waals surface area contributed by atoms with Gasteiger partial charge in [0.05, 0.1) is 4.90 Å². The Morgan fingerprint density at radius 1 is 1.17 bits per heavy atom. The summed E-state index contributed by atoms with van der Waals surface area (Å²) in [5, 5.41) is 7.33. The van der Waals surface area contributed by atoms with Crippen LogP contribution in [0, 0.1) is 12.7 Å². The van der Waals surface area contributed by atoms with Crippen LogP contribution in [0.4, 0.5) is 10.2 Å². The third-order valence-corrected chi connectivity index (χ3v) is 6.96. The van der Waals surface area contributed by atoms with E-state index in [2.05, 4.69) is 15.4 Å². The van der Waals surface area contributed by atoms with Crippen LogP contribution >= 0.6 is 0 Å². The summed E-state index contributed by atoms with van der Waals surface area (Å²) >= 11 is 0. The lowest BCUT2D eigenvalue weighted by atomic mass is 9.95. The van der Waals surface area contributed by atoms with Crippen LogP contribution in [0.25, 0.3) is 5.65 Å². The summed E-state index contributed by atoms with van der Waals surface area (Å²) in [6, 6.07) is 5.00. The zero-order valence-corrected chi connectivity index (χ0v) is 18.6. The Hall–Kier alpha value is -2.74. The van der Waals surface area contributed by atoms with Crippen molar-refractivity contribution in [3.05, 3.63) is 59.2 Å². The van der Waals surface area contributed by atoms with Crippen LogP contribution in [0.1, 0.15) is 43.6 Å². The van der Waals surface area contributed by atoms with Gasteiger partial charge in [-0.15, -0.1) is 5.10 Å². The number of allylic oxidation sites excluding steroid dienone is 2. The molecule has 0 unspecified atom stereocenters. The van der Waals surface area contributed by atoms with Crippen LogP contribution in [0.3, 0.4) is 0 Å². The number of aryl methyl sites for hydroxylation is 2. The molecule has 1 aliphatic rings. The van der Waals surface area contributed by atoms with Crippen LogP contribution in [-0.2, 0) is 22.7 Å². The number of hydrogen-bond donors (Lipinski definition) is 1. The van der Waals surface area contributed by atoms with Crippen LogP contribution in [0.15, 0.2) is 46.2 Å². The minimum atomic E-state index is -3.98. The second-order valence-corrected chi connectivity index (χ2v) is 9.01. The van der Waals surface area contributed by atoms with Gasteiger partial charge in [0.2, 0.25) is 9.84 Å². The van der Waals surface area contributed by atoms with Crippen LogP contribution in [0.2, 0.25) is 0 Å². The van der Waals surface area contributed by atoms with E-state index in [4.69, 9.17) is 0 Å². The Kier molecular flexibility index (Phi) is 6.55. The number of benzene rings is 1. The summed E-state index contributed by atoms with van der Waals surface area (Å²) in [6.45, 7) is 5.90. The molecule has 8 heteroatoms. The molecule has 6 nitrogen and oxygen atoms in total. The maximum absolute atomic E-state index is 13.6. The number of aromatic nitrogens is 3. The molecule has 0 aliphatic heterocycles. The lowest BCUT2D eigenvalue weighted by Crippen LogP contribution is -2.14. The summed E-state index contributed by atoms with van der Waals surface area (Å²) in [7, 11) is -2.36. The Balaban J connectivity index is 0.000000589. The topological polar surface area (TPSA) is 76.4 Å². The molecule has 1 aliphatic carbocycles. The van der Waals surface area contributed by atoms with E-state index in [1.165, 1.54) is 18.2 Å². The molecule has 3 aromatic rings. The Labute approximate surface area is 176 Å². The van der Waals surface area contributed by atoms with Crippen molar-refractivity contribution in [2.45, 2.75) is 56.2 Å². The van der Waals surface area contributed by atoms with Crippen molar-refractivity contribution in [2.75, 3.05) is 12.4 Å². The highest BCUT2D eigenvalue weighted by Crippen LogP contribution is 2.33. The quantitative estimate of drug-likeness (QED) is 0.619. The lowest BCUT2D eigenvalue weighted by Gasteiger charge is -2.18. The van der Waals surface area contributed by atoms with Gasteiger partial charge in [0, 0.05) is 18.4 Å². The first-order valence-corrected chi connectivity index (χ1v) is 11.5. The zero-order valence-electron chi connectivity index (χ0n) is 17.7. The van der Waals surface area contributed by atoms with Gasteiger partial charge in [-0.1, -0.05) is 18.2 Å². The third-order valence-electron chi connectivity index (χ3n) is 5.17. The second-order valence-electron chi connectivity index (χ2n) is 7.12. The van der Waals surface area contributed by atoms with Crippen molar-refractivity contribution in [3.8, 4) is 0 Å². The number of halogens is 1. The molecule has 2 heterocycles. The summed E-state index contributed by atoms with van der Waals surface area (Å²) in [5.41, 5.74) is 3.27. The molecule has 30 heavy (non-hydrogen) atoms. The molecule has 160 valence electrons. The normalized spacial score (nSPS) is 13.8. The molecule has 1 aromatic carbocycles. The summed E-state index contributed by atoms with van der Waals surface area (Å²) < 4.78 is 41.7. The van der Waals surface area contributed by atoms with E-state index in [-0.39, 0.29) is 21.3 Å². The van der Waals surface area contributed by atoms with E-state index in [1.54, 1.807) is 11.6 Å². The van der Waals surface area contributed by atoms with Gasteiger partial charge in [0.1, 0.15) is 5.82 Å². The van der Waals surface area contributed by atoms with E-state index < -0.39 is 15.7 Å². The Morgan fingerprint density at radius 3 is 2.50 bits per heavy atom. The molecule has 0 saturated carbocycles. The fourth-order valence-corrected chi connectivity index (χ4v) is 5.11. The molecule has 0 spiro atoms. The van der Waals surface area contributed by atoms with E-state index in [0.29, 0.717) is 0 Å². The molecule has 0 radical (unpaired) electrons. The molecule has 0 fully saturated rings. The fraction of sp³-hybridized carbons (Fsp3) is 0.364. The Morgan fingerprint density at radius 2 is 1.87 bits per heavy atom. The van der Waals surface area contributed by atoms with Crippen LogP contribution in [0.5, 0.6) is 0 Å². The van der Waals surface area contributed by atoms with Crippen LogP contribution < -0.4 is 5.32 Å². The molecule has 1 N–H and O–H groups in total. The minimum absolute atomic E-state index is 0.0120. The smallest absolute Gasteiger partial charge is 0.214 e. The SMILES string of the molecule is C/C=C\C.CNc1nn2c3c(c(C)nc2c1S(=O)(=O)c1cccc(F)c1)CCCC3. The maximum Gasteiger partial charge on any atom is 0.214 e. The number of anilines is 1. The predicted octanol–water partition coefficient (Wildman–Crippen LogP) is 4.51. The molecule has 0 bridgehead atoms. The zero-order chi connectivity index (χ0) is 21.9. The predicted molar refractivity (Wildman–Crippen MR) is 116 cm³/mol. The van der Waals surface area contributed by atoms with Crippen molar-refractivity contribution < 1.29 is 12.8 Å². The second kappa shape index (κ2) is 8.95. The minimum Gasteiger partial charge on any atom is -0.370 e. The Bertz CT molecular complexity index is 1200. The first kappa shape index (κ1) is 22.0. The van der Waals surface area contributed by atoms with Gasteiger partial charge < -0.3 is 5.32 Å². The molecule has 4 rings (SSSR count). The highest BCUT2D eigenvalue weighted by atomic mass is 32.2. The summed E-state index contributed by atoms with van der Waals surface area (Å²) in [4.78, 5) is 4.44. The van der Waals surface area contributed by atoms with Crippen molar-refractivity contribution in [3.63, 3.8) is 0 Å². The van der Waals surface area contributed by atoms with Gasteiger partial charge in [0.25, 0.3) is 0 Å². The average Bonchev–Trinajstić information content (AvgIpc) is 3.13. The van der Waals surface area contributed by atoms with Crippen molar-refractivity contribution in [1.82, 2.24) is 14.6 Å². The van der Waals surface area contributed by atoms with Crippen molar-refractivity contribution >= 4 is 21.3 Å². The van der Waals surface area contributed by atoms with Gasteiger partial charge in [0.15, 0.2) is 16.4 Å². The number of hydrogen-bond acceptors (Lipinski definition) is 5. The number of nitrogens with zero attached hydrogens (tertiary/aromatic N) is 3. The fourth-order valence-electron chi connectivity index (χ4n) is 3.58. The van der Waals surface area contributed by atoms with E-state index >= 15 is 0 Å². The molecule has 0 amide bonds. The maximum atomic E-state index is 13.6. The largest absolute Gasteiger partial charge is 0.370 e. The number of sulfone groups is 1.